The molecule has 0 spiro atoms. The number of aromatic nitrogens is 2. The van der Waals surface area contributed by atoms with Crippen molar-refractivity contribution in [3.63, 3.8) is 0 Å². The van der Waals surface area contributed by atoms with E-state index in [1.165, 1.54) is 51.7 Å². The van der Waals surface area contributed by atoms with E-state index in [0.717, 1.165) is 17.4 Å². The highest BCUT2D eigenvalue weighted by Crippen LogP contribution is 2.28. The fraction of sp³-hybridized carbons (Fsp3) is 0.733. The first-order chi connectivity index (χ1) is 9.29. The van der Waals surface area contributed by atoms with Crippen LogP contribution in [0, 0.1) is 12.8 Å². The van der Waals surface area contributed by atoms with E-state index in [9.17, 15) is 0 Å². The van der Waals surface area contributed by atoms with Gasteiger partial charge in [0.05, 0.1) is 0 Å². The van der Waals surface area contributed by atoms with Crippen LogP contribution in [-0.4, -0.2) is 40.5 Å². The Morgan fingerprint density at radius 3 is 2.63 bits per heavy atom. The zero-order chi connectivity index (χ0) is 13.1. The number of likely N-dealkylation sites (tertiary alicyclic amines) is 1. The van der Waals surface area contributed by atoms with Crippen molar-refractivity contribution in [3.05, 3.63) is 18.1 Å². The van der Waals surface area contributed by atoms with Gasteiger partial charge in [0.2, 0.25) is 0 Å². The summed E-state index contributed by atoms with van der Waals surface area (Å²) in [5.74, 6) is 1.97. The van der Waals surface area contributed by atoms with Gasteiger partial charge in [-0.25, -0.2) is 9.97 Å². The number of nitrogens with zero attached hydrogens (tertiary/aromatic N) is 3. The van der Waals surface area contributed by atoms with Gasteiger partial charge in [-0.1, -0.05) is 6.42 Å². The summed E-state index contributed by atoms with van der Waals surface area (Å²) in [7, 11) is 0. The SMILES string of the molecule is Cc1cc(NC2CCN(CC3CCC3)CC2)ncn1. The van der Waals surface area contributed by atoms with E-state index in [1.807, 2.05) is 13.0 Å². The average Bonchev–Trinajstić information content (AvgIpc) is 2.36. The summed E-state index contributed by atoms with van der Waals surface area (Å²) in [6, 6.07) is 2.60. The zero-order valence-corrected chi connectivity index (χ0v) is 11.8. The molecule has 0 unspecified atom stereocenters. The fourth-order valence-corrected chi connectivity index (χ4v) is 3.04. The number of nitrogens with one attached hydrogen (secondary N) is 1. The van der Waals surface area contributed by atoms with E-state index in [2.05, 4.69) is 20.2 Å². The summed E-state index contributed by atoms with van der Waals surface area (Å²) >= 11 is 0. The molecule has 2 fully saturated rings. The number of rotatable bonds is 4. The molecule has 1 aliphatic carbocycles. The Hall–Kier alpha value is -1.16. The molecule has 1 saturated heterocycles. The predicted octanol–water partition coefficient (Wildman–Crippen LogP) is 2.46. The molecule has 4 nitrogen and oxygen atoms in total. The lowest BCUT2D eigenvalue weighted by molar-refractivity contribution is 0.150. The van der Waals surface area contributed by atoms with E-state index in [4.69, 9.17) is 0 Å². The minimum atomic E-state index is 0.576. The zero-order valence-electron chi connectivity index (χ0n) is 11.8. The van der Waals surface area contributed by atoms with Crippen LogP contribution >= 0.6 is 0 Å². The fourth-order valence-electron chi connectivity index (χ4n) is 3.04. The molecule has 0 radical (unpaired) electrons. The van der Waals surface area contributed by atoms with Crippen LogP contribution in [0.15, 0.2) is 12.4 Å². The standard InChI is InChI=1S/C15H24N4/c1-12-9-15(17-11-16-12)18-14-5-7-19(8-6-14)10-13-3-2-4-13/h9,11,13-14H,2-8,10H2,1H3,(H,16,17,18). The molecule has 1 aliphatic heterocycles. The Morgan fingerprint density at radius 2 is 2.00 bits per heavy atom. The third kappa shape index (κ3) is 3.44. The number of aryl methyl sites for hydroxylation is 1. The summed E-state index contributed by atoms with van der Waals surface area (Å²) in [4.78, 5) is 11.1. The number of anilines is 1. The van der Waals surface area contributed by atoms with Gasteiger partial charge in [-0.05, 0) is 38.5 Å². The lowest BCUT2D eigenvalue weighted by Gasteiger charge is -2.37. The molecular formula is C15H24N4. The number of hydrogen-bond acceptors (Lipinski definition) is 4. The van der Waals surface area contributed by atoms with E-state index >= 15 is 0 Å². The maximum absolute atomic E-state index is 4.29. The van der Waals surface area contributed by atoms with E-state index < -0.39 is 0 Å². The maximum Gasteiger partial charge on any atom is 0.129 e. The second-order valence-corrected chi connectivity index (χ2v) is 6.06. The van der Waals surface area contributed by atoms with Crippen LogP contribution < -0.4 is 5.32 Å². The van der Waals surface area contributed by atoms with Crippen molar-refractivity contribution < 1.29 is 0 Å². The summed E-state index contributed by atoms with van der Waals surface area (Å²) in [5, 5.41) is 3.55. The van der Waals surface area contributed by atoms with E-state index in [-0.39, 0.29) is 0 Å². The van der Waals surface area contributed by atoms with Gasteiger partial charge in [-0.3, -0.25) is 0 Å². The monoisotopic (exact) mass is 260 g/mol. The molecule has 1 N–H and O–H groups in total. The Balaban J connectivity index is 1.44. The molecule has 0 atom stereocenters. The molecule has 1 aromatic rings. The predicted molar refractivity (Wildman–Crippen MR) is 77.2 cm³/mol. The lowest BCUT2D eigenvalue weighted by Crippen LogP contribution is -2.42. The molecule has 2 heterocycles. The lowest BCUT2D eigenvalue weighted by atomic mass is 9.84. The molecule has 0 amide bonds. The van der Waals surface area contributed by atoms with E-state index in [1.54, 1.807) is 6.33 Å². The number of hydrogen-bond donors (Lipinski definition) is 1. The van der Waals surface area contributed by atoms with Crippen LogP contribution in [0.5, 0.6) is 0 Å². The van der Waals surface area contributed by atoms with E-state index in [0.29, 0.717) is 6.04 Å². The average molecular weight is 260 g/mol. The van der Waals surface area contributed by atoms with Gasteiger partial charge in [0.15, 0.2) is 0 Å². The molecule has 0 aromatic carbocycles. The summed E-state index contributed by atoms with van der Waals surface area (Å²) in [6.07, 6.45) is 8.47. The van der Waals surface area contributed by atoms with Crippen molar-refractivity contribution >= 4 is 5.82 Å². The first-order valence-electron chi connectivity index (χ1n) is 7.57. The van der Waals surface area contributed by atoms with Crippen LogP contribution in [0.25, 0.3) is 0 Å². The minimum Gasteiger partial charge on any atom is -0.367 e. The first-order valence-corrected chi connectivity index (χ1v) is 7.57. The Kier molecular flexibility index (Phi) is 3.97. The van der Waals surface area contributed by atoms with Gasteiger partial charge in [-0.15, -0.1) is 0 Å². The maximum atomic E-state index is 4.29. The highest BCUT2D eigenvalue weighted by atomic mass is 15.2. The van der Waals surface area contributed by atoms with Crippen LogP contribution in [0.4, 0.5) is 5.82 Å². The molecule has 1 aromatic heterocycles. The quantitative estimate of drug-likeness (QED) is 0.903. The Morgan fingerprint density at radius 1 is 1.21 bits per heavy atom. The summed E-state index contributed by atoms with van der Waals surface area (Å²) in [5.41, 5.74) is 1.03. The van der Waals surface area contributed by atoms with Crippen LogP contribution in [0.2, 0.25) is 0 Å². The molecule has 1 saturated carbocycles. The van der Waals surface area contributed by atoms with Crippen molar-refractivity contribution in [2.75, 3.05) is 25.0 Å². The Bertz CT molecular complexity index is 408. The van der Waals surface area contributed by atoms with Crippen molar-refractivity contribution in [2.45, 2.75) is 45.1 Å². The second-order valence-electron chi connectivity index (χ2n) is 6.06. The third-order valence-electron chi connectivity index (χ3n) is 4.48. The van der Waals surface area contributed by atoms with Crippen molar-refractivity contribution in [3.8, 4) is 0 Å². The highest BCUT2D eigenvalue weighted by Gasteiger charge is 2.24. The van der Waals surface area contributed by atoms with Gasteiger partial charge in [0.1, 0.15) is 12.1 Å². The van der Waals surface area contributed by atoms with Crippen molar-refractivity contribution in [1.29, 1.82) is 0 Å². The summed E-state index contributed by atoms with van der Waals surface area (Å²) < 4.78 is 0. The largest absolute Gasteiger partial charge is 0.367 e. The Labute approximate surface area is 115 Å². The molecule has 0 bridgehead atoms. The van der Waals surface area contributed by atoms with Gasteiger partial charge in [-0.2, -0.15) is 0 Å². The van der Waals surface area contributed by atoms with Crippen molar-refractivity contribution in [1.82, 2.24) is 14.9 Å². The molecule has 3 rings (SSSR count). The smallest absolute Gasteiger partial charge is 0.129 e. The first kappa shape index (κ1) is 12.9. The molecule has 19 heavy (non-hydrogen) atoms. The molecule has 104 valence electrons. The van der Waals surface area contributed by atoms with Gasteiger partial charge >= 0.3 is 0 Å². The van der Waals surface area contributed by atoms with Crippen LogP contribution in [0.3, 0.4) is 0 Å². The van der Waals surface area contributed by atoms with Crippen LogP contribution in [0.1, 0.15) is 37.8 Å². The van der Waals surface area contributed by atoms with Crippen molar-refractivity contribution in [2.24, 2.45) is 5.92 Å². The minimum absolute atomic E-state index is 0.576. The topological polar surface area (TPSA) is 41.0 Å². The summed E-state index contributed by atoms with van der Waals surface area (Å²) in [6.45, 7) is 5.81. The normalized spacial score (nSPS) is 22.2. The molecular weight excluding hydrogens is 236 g/mol. The highest BCUT2D eigenvalue weighted by molar-refractivity contribution is 5.35. The van der Waals surface area contributed by atoms with Gasteiger partial charge in [0, 0.05) is 37.4 Å². The molecule has 2 aliphatic rings. The number of piperidine rings is 1. The van der Waals surface area contributed by atoms with Crippen LogP contribution in [-0.2, 0) is 0 Å². The second kappa shape index (κ2) is 5.87. The van der Waals surface area contributed by atoms with Gasteiger partial charge in [0.25, 0.3) is 0 Å². The van der Waals surface area contributed by atoms with Gasteiger partial charge < -0.3 is 10.2 Å². The molecule has 4 heteroatoms. The third-order valence-corrected chi connectivity index (χ3v) is 4.48.